The molecule has 0 spiro atoms. The third kappa shape index (κ3) is 3.01. The molecule has 26 heavy (non-hydrogen) atoms. The number of fused-ring (bicyclic) bond motifs is 2. The minimum absolute atomic E-state index is 0.222. The van der Waals surface area contributed by atoms with E-state index in [1.165, 1.54) is 16.8 Å². The molecule has 4 rings (SSSR count). The third-order valence-electron chi connectivity index (χ3n) is 4.18. The molecule has 1 aromatic heterocycles. The van der Waals surface area contributed by atoms with Crippen LogP contribution < -0.4 is 10.6 Å². The van der Waals surface area contributed by atoms with Crippen molar-refractivity contribution in [3.8, 4) is 0 Å². The number of likely N-dealkylation sites (N-methyl/N-ethyl adjacent to an activating group) is 1. The predicted molar refractivity (Wildman–Crippen MR) is 95.3 cm³/mol. The fourth-order valence-electron chi connectivity index (χ4n) is 2.83. The number of aromatic nitrogens is 1. The van der Waals surface area contributed by atoms with E-state index in [1.807, 2.05) is 12.3 Å². The second-order valence-electron chi connectivity index (χ2n) is 6.07. The van der Waals surface area contributed by atoms with Crippen molar-refractivity contribution >= 4 is 35.5 Å². The van der Waals surface area contributed by atoms with Crippen molar-refractivity contribution in [3.05, 3.63) is 47.8 Å². The first-order valence-electron chi connectivity index (χ1n) is 8.02. The molecule has 0 bridgehead atoms. The highest BCUT2D eigenvalue weighted by atomic mass is 32.2. The van der Waals surface area contributed by atoms with E-state index in [4.69, 9.17) is 4.74 Å². The molecule has 1 aromatic carbocycles. The molecule has 3 amide bonds. The van der Waals surface area contributed by atoms with Crippen molar-refractivity contribution in [1.29, 1.82) is 0 Å². The molecule has 0 aliphatic carbocycles. The van der Waals surface area contributed by atoms with Gasteiger partial charge in [-0.05, 0) is 42.3 Å². The maximum Gasteiger partial charge on any atom is 0.410 e. The summed E-state index contributed by atoms with van der Waals surface area (Å²) >= 11 is 1.41. The van der Waals surface area contributed by atoms with Crippen LogP contribution in [0.1, 0.15) is 20.8 Å². The number of benzene rings is 1. The van der Waals surface area contributed by atoms with Crippen molar-refractivity contribution in [2.45, 2.75) is 11.0 Å². The molecule has 3 heterocycles. The number of ether oxygens (including phenoxy) is 1. The fourth-order valence-corrected chi connectivity index (χ4v) is 3.75. The van der Waals surface area contributed by atoms with E-state index in [-0.39, 0.29) is 24.5 Å². The zero-order chi connectivity index (χ0) is 18.3. The van der Waals surface area contributed by atoms with Crippen LogP contribution in [0.15, 0.2) is 41.4 Å². The summed E-state index contributed by atoms with van der Waals surface area (Å²) in [5.74, 6) is -0.513. The molecule has 0 saturated carbocycles. The number of carbonyl (C=O) groups is 3. The van der Waals surface area contributed by atoms with Crippen molar-refractivity contribution in [2.75, 3.05) is 25.5 Å². The zero-order valence-electron chi connectivity index (χ0n) is 13.9. The second kappa shape index (κ2) is 6.41. The average molecular weight is 372 g/mol. The van der Waals surface area contributed by atoms with Crippen LogP contribution in [0.2, 0.25) is 0 Å². The first-order chi connectivity index (χ1) is 12.5. The molecule has 2 aromatic rings. The number of cyclic esters (lactones) is 1. The van der Waals surface area contributed by atoms with Crippen molar-refractivity contribution in [2.24, 2.45) is 0 Å². The number of amides is 3. The van der Waals surface area contributed by atoms with Crippen LogP contribution in [-0.4, -0.2) is 53.0 Å². The Bertz CT molecular complexity index is 910. The minimum atomic E-state index is -0.391. The summed E-state index contributed by atoms with van der Waals surface area (Å²) in [6.45, 7) is 0.674. The van der Waals surface area contributed by atoms with Crippen molar-refractivity contribution < 1.29 is 19.1 Å². The van der Waals surface area contributed by atoms with Crippen LogP contribution in [0.4, 0.5) is 10.5 Å². The number of carbonyl (C=O) groups excluding carboxylic acids is 3. The lowest BCUT2D eigenvalue weighted by atomic mass is 10.1. The number of hydrogen-bond acceptors (Lipinski definition) is 5. The summed E-state index contributed by atoms with van der Waals surface area (Å²) in [6.07, 6.45) is 1.06. The van der Waals surface area contributed by atoms with Gasteiger partial charge < -0.3 is 20.3 Å². The van der Waals surface area contributed by atoms with Crippen molar-refractivity contribution in [3.63, 3.8) is 0 Å². The summed E-state index contributed by atoms with van der Waals surface area (Å²) in [5.41, 5.74) is 1.56. The van der Waals surface area contributed by atoms with Gasteiger partial charge >= 0.3 is 6.09 Å². The van der Waals surface area contributed by atoms with Gasteiger partial charge in [0.1, 0.15) is 11.8 Å². The van der Waals surface area contributed by atoms with Gasteiger partial charge in [0.05, 0.1) is 23.7 Å². The SMILES string of the molecule is CN1CC(CNC(=O)c2ccc3c(c2)NC(=O)c2cccn2S3)OC1=O. The van der Waals surface area contributed by atoms with Gasteiger partial charge in [-0.15, -0.1) is 0 Å². The van der Waals surface area contributed by atoms with E-state index in [1.54, 1.807) is 35.3 Å². The molecule has 9 heteroatoms. The number of nitrogens with zero attached hydrogens (tertiary/aromatic N) is 2. The van der Waals surface area contributed by atoms with E-state index in [0.29, 0.717) is 23.5 Å². The molecule has 1 fully saturated rings. The number of anilines is 1. The molecular formula is C17H16N4O4S. The molecule has 1 atom stereocenters. The normalized spacial score (nSPS) is 18.5. The Balaban J connectivity index is 1.47. The van der Waals surface area contributed by atoms with Gasteiger partial charge in [0.25, 0.3) is 11.8 Å². The Morgan fingerprint density at radius 3 is 3.00 bits per heavy atom. The second-order valence-corrected chi connectivity index (χ2v) is 7.09. The highest BCUT2D eigenvalue weighted by molar-refractivity contribution is 7.98. The van der Waals surface area contributed by atoms with Gasteiger partial charge in [-0.1, -0.05) is 0 Å². The van der Waals surface area contributed by atoms with Crippen LogP contribution in [0.5, 0.6) is 0 Å². The Hall–Kier alpha value is -2.94. The number of nitrogens with one attached hydrogen (secondary N) is 2. The Labute approximate surface area is 153 Å². The molecule has 2 aliphatic rings. The number of hydrogen-bond donors (Lipinski definition) is 2. The number of rotatable bonds is 3. The highest BCUT2D eigenvalue weighted by Gasteiger charge is 2.28. The average Bonchev–Trinajstić information content (AvgIpc) is 3.17. The van der Waals surface area contributed by atoms with E-state index < -0.39 is 6.09 Å². The third-order valence-corrected chi connectivity index (χ3v) is 5.25. The van der Waals surface area contributed by atoms with E-state index in [0.717, 1.165) is 4.90 Å². The van der Waals surface area contributed by atoms with Gasteiger partial charge in [-0.2, -0.15) is 0 Å². The van der Waals surface area contributed by atoms with E-state index in [9.17, 15) is 14.4 Å². The molecular weight excluding hydrogens is 356 g/mol. The molecule has 2 aliphatic heterocycles. The predicted octanol–water partition coefficient (Wildman–Crippen LogP) is 1.79. The van der Waals surface area contributed by atoms with Crippen LogP contribution in [-0.2, 0) is 4.74 Å². The molecule has 1 unspecified atom stereocenters. The van der Waals surface area contributed by atoms with Crippen LogP contribution in [0, 0.1) is 0 Å². The van der Waals surface area contributed by atoms with Gasteiger partial charge in [-0.25, -0.2) is 4.79 Å². The van der Waals surface area contributed by atoms with Crippen LogP contribution in [0.25, 0.3) is 0 Å². The Morgan fingerprint density at radius 1 is 1.38 bits per heavy atom. The highest BCUT2D eigenvalue weighted by Crippen LogP contribution is 2.33. The maximum atomic E-state index is 12.4. The zero-order valence-corrected chi connectivity index (χ0v) is 14.7. The lowest BCUT2D eigenvalue weighted by Gasteiger charge is -2.11. The van der Waals surface area contributed by atoms with E-state index in [2.05, 4.69) is 10.6 Å². The first-order valence-corrected chi connectivity index (χ1v) is 8.79. The molecule has 0 radical (unpaired) electrons. The fraction of sp³-hybridized carbons (Fsp3) is 0.235. The van der Waals surface area contributed by atoms with Crippen LogP contribution >= 0.6 is 11.9 Å². The van der Waals surface area contributed by atoms with E-state index >= 15 is 0 Å². The van der Waals surface area contributed by atoms with Gasteiger partial charge in [0, 0.05) is 18.8 Å². The lowest BCUT2D eigenvalue weighted by molar-refractivity contribution is 0.0914. The molecule has 1 saturated heterocycles. The Kier molecular flexibility index (Phi) is 4.08. The molecule has 134 valence electrons. The van der Waals surface area contributed by atoms with Gasteiger partial charge in [0.2, 0.25) is 0 Å². The minimum Gasteiger partial charge on any atom is -0.442 e. The molecule has 8 nitrogen and oxygen atoms in total. The standard InChI is InChI=1S/C17H16N4O4S/c1-20-9-11(25-17(20)24)8-18-15(22)10-4-5-14-12(7-10)19-16(23)13-3-2-6-21(13)26-14/h2-7,11H,8-9H2,1H3,(H,18,22)(H,19,23). The maximum absolute atomic E-state index is 12.4. The van der Waals surface area contributed by atoms with Gasteiger partial charge in [-0.3, -0.25) is 13.6 Å². The summed E-state index contributed by atoms with van der Waals surface area (Å²) in [5, 5.41) is 5.59. The summed E-state index contributed by atoms with van der Waals surface area (Å²) in [7, 11) is 1.65. The lowest BCUT2D eigenvalue weighted by Crippen LogP contribution is -2.34. The smallest absolute Gasteiger partial charge is 0.410 e. The molecule has 2 N–H and O–H groups in total. The van der Waals surface area contributed by atoms with Crippen LogP contribution in [0.3, 0.4) is 0 Å². The summed E-state index contributed by atoms with van der Waals surface area (Å²) in [6, 6.07) is 8.70. The summed E-state index contributed by atoms with van der Waals surface area (Å²) in [4.78, 5) is 38.3. The van der Waals surface area contributed by atoms with Gasteiger partial charge in [0.15, 0.2) is 0 Å². The topological polar surface area (TPSA) is 92.7 Å². The van der Waals surface area contributed by atoms with Crippen molar-refractivity contribution in [1.82, 2.24) is 14.2 Å². The quantitative estimate of drug-likeness (QED) is 0.857. The first kappa shape index (κ1) is 16.5. The Morgan fingerprint density at radius 2 is 2.23 bits per heavy atom. The largest absolute Gasteiger partial charge is 0.442 e. The monoisotopic (exact) mass is 372 g/mol. The summed E-state index contributed by atoms with van der Waals surface area (Å²) < 4.78 is 6.90.